The Hall–Kier alpha value is -3.66. The van der Waals surface area contributed by atoms with E-state index in [-0.39, 0.29) is 24.7 Å². The number of nitrogens with zero attached hydrogens (tertiary/aromatic N) is 6. The Morgan fingerprint density at radius 3 is 2.10 bits per heavy atom. The number of Topliss-reactive ketones (excluding diaryl/α,β-unsaturated/α-hetero) is 2. The SMILES string of the molecule is CN(C)C=NCC(=O)c1cccc(N=CN(C)C)n1.NCC(=O)c1cccc(N)n1. The fourth-order valence-electron chi connectivity index (χ4n) is 1.90. The first-order valence-electron chi connectivity index (χ1n) is 9.06. The van der Waals surface area contributed by atoms with E-state index in [9.17, 15) is 9.59 Å². The second kappa shape index (κ2) is 12.7. The number of hydrogen-bond donors (Lipinski definition) is 2. The molecule has 0 saturated carbocycles. The highest BCUT2D eigenvalue weighted by Crippen LogP contribution is 2.08. The molecule has 4 N–H and O–H groups in total. The highest BCUT2D eigenvalue weighted by Gasteiger charge is 2.06. The number of carbonyl (C=O) groups excluding carboxylic acids is 2. The van der Waals surface area contributed by atoms with Gasteiger partial charge in [0.2, 0.25) is 5.78 Å². The van der Waals surface area contributed by atoms with E-state index in [1.807, 2.05) is 28.2 Å². The van der Waals surface area contributed by atoms with Gasteiger partial charge in [0.05, 0.1) is 19.2 Å². The van der Waals surface area contributed by atoms with Gasteiger partial charge in [-0.1, -0.05) is 12.1 Å². The summed E-state index contributed by atoms with van der Waals surface area (Å²) in [6.07, 6.45) is 3.24. The number of anilines is 1. The number of nitrogen functional groups attached to an aromatic ring is 1. The number of aromatic nitrogens is 2. The van der Waals surface area contributed by atoms with Gasteiger partial charge in [-0.25, -0.2) is 15.0 Å². The quantitative estimate of drug-likeness (QED) is 0.369. The number of pyridine rings is 2. The topological polar surface area (TPSA) is 143 Å². The summed E-state index contributed by atoms with van der Waals surface area (Å²) < 4.78 is 0. The zero-order chi connectivity index (χ0) is 22.5. The fourth-order valence-corrected chi connectivity index (χ4v) is 1.90. The molecule has 2 aromatic rings. The first-order chi connectivity index (χ1) is 14.2. The molecule has 0 atom stereocenters. The zero-order valence-corrected chi connectivity index (χ0v) is 17.7. The van der Waals surface area contributed by atoms with Crippen molar-refractivity contribution in [3.05, 3.63) is 47.8 Å². The normalized spacial score (nSPS) is 10.6. The van der Waals surface area contributed by atoms with E-state index >= 15 is 0 Å². The number of aliphatic imine (C=N–C) groups is 2. The fraction of sp³-hybridized carbons (Fsp3) is 0.300. The molecule has 2 rings (SSSR count). The highest BCUT2D eigenvalue weighted by atomic mass is 16.1. The number of ketones is 2. The van der Waals surface area contributed by atoms with Crippen molar-refractivity contribution in [3.8, 4) is 0 Å². The Labute approximate surface area is 176 Å². The van der Waals surface area contributed by atoms with Crippen molar-refractivity contribution in [2.75, 3.05) is 47.0 Å². The Balaban J connectivity index is 0.000000346. The van der Waals surface area contributed by atoms with E-state index in [0.29, 0.717) is 23.0 Å². The standard InChI is InChI=1S/C13H19N5O.C7H9N3O/c1-17(2)9-14-8-12(19)11-6-5-7-13(16-11)15-10-18(3)4;8-4-6(11)5-2-1-3-7(9)10-5/h5-7,9-10H,8H2,1-4H3;1-3H,4,8H2,(H2,9,10). The van der Waals surface area contributed by atoms with Gasteiger partial charge in [-0.2, -0.15) is 0 Å². The molecule has 0 amide bonds. The molecule has 2 aromatic heterocycles. The highest BCUT2D eigenvalue weighted by molar-refractivity contribution is 5.97. The van der Waals surface area contributed by atoms with Crippen molar-refractivity contribution in [2.45, 2.75) is 0 Å². The van der Waals surface area contributed by atoms with Crippen molar-refractivity contribution in [2.24, 2.45) is 15.7 Å². The molecule has 30 heavy (non-hydrogen) atoms. The summed E-state index contributed by atoms with van der Waals surface area (Å²) in [4.78, 5) is 42.5. The number of carbonyl (C=O) groups is 2. The summed E-state index contributed by atoms with van der Waals surface area (Å²) >= 11 is 0. The Morgan fingerprint density at radius 1 is 0.933 bits per heavy atom. The molecule has 0 spiro atoms. The van der Waals surface area contributed by atoms with Crippen LogP contribution in [-0.4, -0.2) is 85.3 Å². The van der Waals surface area contributed by atoms with Crippen LogP contribution in [0.4, 0.5) is 11.6 Å². The third-order valence-corrected chi connectivity index (χ3v) is 3.23. The number of rotatable bonds is 8. The number of nitrogens with two attached hydrogens (primary N) is 2. The van der Waals surface area contributed by atoms with Gasteiger partial charge in [0.1, 0.15) is 23.8 Å². The van der Waals surface area contributed by atoms with Crippen molar-refractivity contribution in [3.63, 3.8) is 0 Å². The third kappa shape index (κ3) is 9.51. The van der Waals surface area contributed by atoms with Gasteiger partial charge in [0.15, 0.2) is 11.6 Å². The average molecular weight is 412 g/mol. The van der Waals surface area contributed by atoms with Crippen LogP contribution in [0.25, 0.3) is 0 Å². The molecule has 0 bridgehead atoms. The van der Waals surface area contributed by atoms with Gasteiger partial charge >= 0.3 is 0 Å². The molecule has 0 unspecified atom stereocenters. The van der Waals surface area contributed by atoms with E-state index in [4.69, 9.17) is 11.5 Å². The molecular weight excluding hydrogens is 384 g/mol. The second-order valence-electron chi connectivity index (χ2n) is 6.51. The average Bonchev–Trinajstić information content (AvgIpc) is 2.72. The first-order valence-corrected chi connectivity index (χ1v) is 9.06. The lowest BCUT2D eigenvalue weighted by Crippen LogP contribution is -2.15. The molecule has 0 aromatic carbocycles. The summed E-state index contributed by atoms with van der Waals surface area (Å²) in [6.45, 7) is 0.0580. The van der Waals surface area contributed by atoms with Gasteiger partial charge in [-0.05, 0) is 24.3 Å². The monoisotopic (exact) mass is 412 g/mol. The Kier molecular flexibility index (Phi) is 10.3. The van der Waals surface area contributed by atoms with Crippen molar-refractivity contribution in [1.29, 1.82) is 0 Å². The van der Waals surface area contributed by atoms with Crippen molar-refractivity contribution < 1.29 is 9.59 Å². The minimum absolute atomic E-state index is 0.0313. The summed E-state index contributed by atoms with van der Waals surface area (Å²) in [7, 11) is 7.44. The Bertz CT molecular complexity index is 894. The lowest BCUT2D eigenvalue weighted by molar-refractivity contribution is 0.0989. The van der Waals surface area contributed by atoms with E-state index in [1.165, 1.54) is 0 Å². The van der Waals surface area contributed by atoms with E-state index in [2.05, 4.69) is 20.0 Å². The Morgan fingerprint density at radius 2 is 1.53 bits per heavy atom. The van der Waals surface area contributed by atoms with Crippen molar-refractivity contribution >= 4 is 35.9 Å². The minimum atomic E-state index is -0.197. The van der Waals surface area contributed by atoms with Crippen LogP contribution in [0.15, 0.2) is 46.4 Å². The minimum Gasteiger partial charge on any atom is -0.384 e. The predicted octanol–water partition coefficient (Wildman–Crippen LogP) is 0.881. The molecule has 0 aliphatic heterocycles. The van der Waals surface area contributed by atoms with E-state index in [0.717, 1.165) is 0 Å². The van der Waals surface area contributed by atoms with Gasteiger partial charge in [0, 0.05) is 28.2 Å². The zero-order valence-electron chi connectivity index (χ0n) is 17.7. The van der Waals surface area contributed by atoms with Crippen molar-refractivity contribution in [1.82, 2.24) is 19.8 Å². The van der Waals surface area contributed by atoms with Crippen LogP contribution >= 0.6 is 0 Å². The van der Waals surface area contributed by atoms with E-state index < -0.39 is 0 Å². The summed E-state index contributed by atoms with van der Waals surface area (Å²) in [5.41, 5.74) is 11.2. The molecular formula is C20H28N8O2. The van der Waals surface area contributed by atoms with Crippen LogP contribution in [0.5, 0.6) is 0 Å². The van der Waals surface area contributed by atoms with Crippen LogP contribution in [0, 0.1) is 0 Å². The van der Waals surface area contributed by atoms with Crippen LogP contribution in [0.2, 0.25) is 0 Å². The maximum atomic E-state index is 11.9. The maximum absolute atomic E-state index is 11.9. The summed E-state index contributed by atoms with van der Waals surface area (Å²) in [6, 6.07) is 10.1. The van der Waals surface area contributed by atoms with Gasteiger partial charge in [0.25, 0.3) is 0 Å². The van der Waals surface area contributed by atoms with E-state index in [1.54, 1.807) is 58.9 Å². The van der Waals surface area contributed by atoms with Gasteiger partial charge < -0.3 is 21.3 Å². The lowest BCUT2D eigenvalue weighted by Gasteiger charge is -2.03. The largest absolute Gasteiger partial charge is 0.384 e. The molecule has 10 heteroatoms. The lowest BCUT2D eigenvalue weighted by atomic mass is 10.2. The van der Waals surface area contributed by atoms with Crippen LogP contribution in [-0.2, 0) is 0 Å². The smallest absolute Gasteiger partial charge is 0.202 e. The predicted molar refractivity (Wildman–Crippen MR) is 119 cm³/mol. The molecule has 0 fully saturated rings. The van der Waals surface area contributed by atoms with Gasteiger partial charge in [-0.3, -0.25) is 14.6 Å². The second-order valence-corrected chi connectivity index (χ2v) is 6.51. The van der Waals surface area contributed by atoms with Crippen LogP contribution in [0.3, 0.4) is 0 Å². The summed E-state index contributed by atoms with van der Waals surface area (Å²) in [5.74, 6) is 0.526. The van der Waals surface area contributed by atoms with Gasteiger partial charge in [-0.15, -0.1) is 0 Å². The molecule has 0 aliphatic rings. The molecule has 0 saturated heterocycles. The molecule has 0 radical (unpaired) electrons. The molecule has 2 heterocycles. The molecule has 160 valence electrons. The molecule has 0 aliphatic carbocycles. The number of hydrogen-bond acceptors (Lipinski definition) is 8. The maximum Gasteiger partial charge on any atom is 0.202 e. The molecule has 10 nitrogen and oxygen atoms in total. The summed E-state index contributed by atoms with van der Waals surface area (Å²) in [5, 5.41) is 0. The van der Waals surface area contributed by atoms with Crippen LogP contribution < -0.4 is 11.5 Å². The third-order valence-electron chi connectivity index (χ3n) is 3.23. The first kappa shape index (κ1) is 24.4. The van der Waals surface area contributed by atoms with Crippen LogP contribution in [0.1, 0.15) is 21.0 Å².